The highest BCUT2D eigenvalue weighted by Crippen LogP contribution is 2.47. The molecule has 1 aromatic carbocycles. The number of thioether (sulfide) groups is 1. The molecular formula is C15H19FN2O2S. The number of ether oxygens (including phenoxy) is 2. The van der Waals surface area contributed by atoms with Gasteiger partial charge in [0.25, 0.3) is 0 Å². The van der Waals surface area contributed by atoms with Crippen LogP contribution < -0.4 is 5.73 Å². The van der Waals surface area contributed by atoms with Crippen molar-refractivity contribution >= 4 is 16.9 Å². The van der Waals surface area contributed by atoms with Crippen LogP contribution in [0, 0.1) is 11.7 Å². The summed E-state index contributed by atoms with van der Waals surface area (Å²) < 4.78 is 25.4. The summed E-state index contributed by atoms with van der Waals surface area (Å²) in [6, 6.07) is 6.83. The zero-order chi connectivity index (χ0) is 14.9. The maximum absolute atomic E-state index is 14.4. The average Bonchev–Trinajstić information content (AvgIpc) is 2.47. The van der Waals surface area contributed by atoms with Gasteiger partial charge in [-0.2, -0.15) is 0 Å². The van der Waals surface area contributed by atoms with Crippen LogP contribution >= 0.6 is 11.8 Å². The number of methoxy groups -OCH3 is 1. The Labute approximate surface area is 127 Å². The molecule has 6 heteroatoms. The zero-order valence-corrected chi connectivity index (χ0v) is 12.7. The molecule has 0 unspecified atom stereocenters. The van der Waals surface area contributed by atoms with E-state index in [0.717, 1.165) is 5.75 Å². The van der Waals surface area contributed by atoms with Crippen molar-refractivity contribution in [3.05, 3.63) is 35.6 Å². The van der Waals surface area contributed by atoms with Crippen molar-refractivity contribution in [1.82, 2.24) is 0 Å². The second-order valence-electron chi connectivity index (χ2n) is 5.48. The summed E-state index contributed by atoms with van der Waals surface area (Å²) in [6.45, 7) is 1.03. The normalized spacial score (nSPS) is 32.4. The number of halogens is 1. The topological polar surface area (TPSA) is 56.8 Å². The standard InChI is InChI=1S/C15H19FN2O2S/c1-19-8-11-6-15(12-4-2-3-5-13(12)16)10(7-20-11)9-21-14(17)18-15/h2-5,10-11H,6-9H2,1H3,(H2,17,18)/t10-,11+,15-/m0/s1. The van der Waals surface area contributed by atoms with Crippen LogP contribution in [-0.4, -0.2) is 37.3 Å². The molecule has 3 rings (SSSR count). The van der Waals surface area contributed by atoms with Gasteiger partial charge in [-0.15, -0.1) is 0 Å². The first kappa shape index (κ1) is 14.8. The summed E-state index contributed by atoms with van der Waals surface area (Å²) in [5.41, 5.74) is 5.93. The lowest BCUT2D eigenvalue weighted by molar-refractivity contribution is -0.0812. The molecule has 0 saturated carbocycles. The van der Waals surface area contributed by atoms with E-state index in [0.29, 0.717) is 30.4 Å². The van der Waals surface area contributed by atoms with Gasteiger partial charge in [0, 0.05) is 30.8 Å². The van der Waals surface area contributed by atoms with Gasteiger partial charge < -0.3 is 15.2 Å². The molecular weight excluding hydrogens is 291 g/mol. The molecule has 2 aliphatic rings. The predicted molar refractivity (Wildman–Crippen MR) is 81.9 cm³/mol. The first-order chi connectivity index (χ1) is 10.2. The Morgan fingerprint density at radius 1 is 1.52 bits per heavy atom. The highest BCUT2D eigenvalue weighted by atomic mass is 32.2. The fraction of sp³-hybridized carbons (Fsp3) is 0.533. The van der Waals surface area contributed by atoms with E-state index >= 15 is 0 Å². The average molecular weight is 310 g/mol. The van der Waals surface area contributed by atoms with Gasteiger partial charge in [0.1, 0.15) is 5.82 Å². The van der Waals surface area contributed by atoms with E-state index in [-0.39, 0.29) is 17.8 Å². The van der Waals surface area contributed by atoms with Crippen LogP contribution in [0.3, 0.4) is 0 Å². The Kier molecular flexibility index (Phi) is 4.19. The zero-order valence-electron chi connectivity index (χ0n) is 11.9. The summed E-state index contributed by atoms with van der Waals surface area (Å²) in [5.74, 6) is 0.687. The Hall–Kier alpha value is -1.11. The number of hydrogen-bond donors (Lipinski definition) is 1. The first-order valence-corrected chi connectivity index (χ1v) is 7.98. The fourth-order valence-corrected chi connectivity index (χ4v) is 4.17. The number of benzene rings is 1. The van der Waals surface area contributed by atoms with Gasteiger partial charge in [-0.3, -0.25) is 4.99 Å². The highest BCUT2D eigenvalue weighted by Gasteiger charge is 2.49. The van der Waals surface area contributed by atoms with Crippen molar-refractivity contribution < 1.29 is 13.9 Å². The van der Waals surface area contributed by atoms with Gasteiger partial charge in [-0.05, 0) is 6.07 Å². The van der Waals surface area contributed by atoms with E-state index in [1.54, 1.807) is 13.2 Å². The van der Waals surface area contributed by atoms with Gasteiger partial charge in [0.05, 0.1) is 24.9 Å². The van der Waals surface area contributed by atoms with Gasteiger partial charge in [-0.1, -0.05) is 30.0 Å². The summed E-state index contributed by atoms with van der Waals surface area (Å²) in [4.78, 5) is 4.68. The third kappa shape index (κ3) is 2.67. The minimum Gasteiger partial charge on any atom is -0.382 e. The maximum Gasteiger partial charge on any atom is 0.154 e. The van der Waals surface area contributed by atoms with E-state index in [4.69, 9.17) is 15.2 Å². The van der Waals surface area contributed by atoms with E-state index in [2.05, 4.69) is 4.99 Å². The quantitative estimate of drug-likeness (QED) is 0.929. The third-order valence-corrected chi connectivity index (χ3v) is 5.14. The molecule has 0 spiro atoms. The number of hydrogen-bond acceptors (Lipinski definition) is 5. The largest absolute Gasteiger partial charge is 0.382 e. The molecule has 114 valence electrons. The Bertz CT molecular complexity index is 554. The van der Waals surface area contributed by atoms with Crippen molar-refractivity contribution in [2.24, 2.45) is 16.6 Å². The van der Waals surface area contributed by atoms with Crippen molar-refractivity contribution in [2.75, 3.05) is 26.1 Å². The SMILES string of the molecule is COC[C@H]1C[C@]2(c3ccccc3F)N=C(N)SC[C@@H]2CO1. The van der Waals surface area contributed by atoms with Crippen LogP contribution in [0.2, 0.25) is 0 Å². The number of nitrogens with zero attached hydrogens (tertiary/aromatic N) is 1. The molecule has 21 heavy (non-hydrogen) atoms. The smallest absolute Gasteiger partial charge is 0.154 e. The molecule has 1 fully saturated rings. The van der Waals surface area contributed by atoms with Crippen LogP contribution in [0.25, 0.3) is 0 Å². The van der Waals surface area contributed by atoms with E-state index < -0.39 is 5.54 Å². The summed E-state index contributed by atoms with van der Waals surface area (Å²) in [6.07, 6.45) is 0.499. The monoisotopic (exact) mass is 310 g/mol. The minimum absolute atomic E-state index is 0.0921. The van der Waals surface area contributed by atoms with Crippen LogP contribution in [0.5, 0.6) is 0 Å². The first-order valence-electron chi connectivity index (χ1n) is 6.99. The van der Waals surface area contributed by atoms with Gasteiger partial charge >= 0.3 is 0 Å². The molecule has 1 aromatic rings. The molecule has 0 amide bonds. The summed E-state index contributed by atoms with van der Waals surface area (Å²) in [5, 5.41) is 0.521. The van der Waals surface area contributed by atoms with Crippen molar-refractivity contribution in [1.29, 1.82) is 0 Å². The van der Waals surface area contributed by atoms with E-state index in [1.165, 1.54) is 17.8 Å². The second kappa shape index (κ2) is 5.94. The third-order valence-electron chi connectivity index (χ3n) is 4.18. The lowest BCUT2D eigenvalue weighted by Gasteiger charge is -2.46. The van der Waals surface area contributed by atoms with Gasteiger partial charge in [0.2, 0.25) is 0 Å². The Morgan fingerprint density at radius 2 is 2.33 bits per heavy atom. The van der Waals surface area contributed by atoms with Crippen LogP contribution in [0.1, 0.15) is 12.0 Å². The number of aliphatic imine (C=N–C) groups is 1. The summed E-state index contributed by atoms with van der Waals surface area (Å²) in [7, 11) is 1.64. The molecule has 0 aromatic heterocycles. The highest BCUT2D eigenvalue weighted by molar-refractivity contribution is 8.13. The van der Waals surface area contributed by atoms with Gasteiger partial charge in [0.15, 0.2) is 5.17 Å². The second-order valence-corrected chi connectivity index (χ2v) is 6.52. The summed E-state index contributed by atoms with van der Waals surface area (Å²) >= 11 is 1.51. The molecule has 0 radical (unpaired) electrons. The number of nitrogens with two attached hydrogens (primary N) is 1. The molecule has 3 atom stereocenters. The lowest BCUT2D eigenvalue weighted by Crippen LogP contribution is -2.50. The van der Waals surface area contributed by atoms with E-state index in [9.17, 15) is 4.39 Å². The molecule has 2 N–H and O–H groups in total. The van der Waals surface area contributed by atoms with Crippen molar-refractivity contribution in [3.63, 3.8) is 0 Å². The number of fused-ring (bicyclic) bond motifs is 1. The molecule has 2 aliphatic heterocycles. The predicted octanol–water partition coefficient (Wildman–Crippen LogP) is 2.13. The van der Waals surface area contributed by atoms with Crippen molar-refractivity contribution in [3.8, 4) is 0 Å². The van der Waals surface area contributed by atoms with Crippen LogP contribution in [-0.2, 0) is 15.0 Å². The lowest BCUT2D eigenvalue weighted by atomic mass is 9.73. The number of rotatable bonds is 3. The van der Waals surface area contributed by atoms with Crippen molar-refractivity contribution in [2.45, 2.75) is 18.1 Å². The fourth-order valence-electron chi connectivity index (χ4n) is 3.20. The molecule has 2 heterocycles. The molecule has 0 bridgehead atoms. The molecule has 0 aliphatic carbocycles. The van der Waals surface area contributed by atoms with Gasteiger partial charge in [-0.25, -0.2) is 4.39 Å². The Balaban J connectivity index is 2.06. The van der Waals surface area contributed by atoms with Crippen LogP contribution in [0.4, 0.5) is 4.39 Å². The molecule has 1 saturated heterocycles. The minimum atomic E-state index is -0.637. The number of amidine groups is 1. The molecule has 4 nitrogen and oxygen atoms in total. The Morgan fingerprint density at radius 3 is 3.10 bits per heavy atom. The van der Waals surface area contributed by atoms with Crippen LogP contribution in [0.15, 0.2) is 29.3 Å². The maximum atomic E-state index is 14.4. The van der Waals surface area contributed by atoms with E-state index in [1.807, 2.05) is 12.1 Å².